The number of anilines is 2. The van der Waals surface area contributed by atoms with Crippen molar-refractivity contribution in [2.45, 2.75) is 26.4 Å². The van der Waals surface area contributed by atoms with Crippen LogP contribution in [0, 0.1) is 0 Å². The van der Waals surface area contributed by atoms with Gasteiger partial charge in [-0.25, -0.2) is 9.78 Å². The number of aryl methyl sites for hydroxylation is 1. The average Bonchev–Trinajstić information content (AvgIpc) is 3.16. The molecule has 0 atom stereocenters. The van der Waals surface area contributed by atoms with Crippen molar-refractivity contribution < 1.29 is 18.4 Å². The van der Waals surface area contributed by atoms with E-state index in [-0.39, 0.29) is 17.6 Å². The fourth-order valence-electron chi connectivity index (χ4n) is 2.75. The number of rotatable bonds is 3. The number of carbonyl (C=O) groups excluding carboxylic acids is 2. The van der Waals surface area contributed by atoms with Crippen LogP contribution in [0.1, 0.15) is 35.4 Å². The molecule has 2 amide bonds. The van der Waals surface area contributed by atoms with E-state index < -0.39 is 18.5 Å². The van der Waals surface area contributed by atoms with Crippen molar-refractivity contribution in [1.29, 1.82) is 0 Å². The Kier molecular flexibility index (Phi) is 4.47. The molecule has 3 rings (SSSR count). The molecular formula is C19H26N6O3. The molecule has 2 aromatic heterocycles. The van der Waals surface area contributed by atoms with Crippen LogP contribution in [0.3, 0.4) is 0 Å². The van der Waals surface area contributed by atoms with Gasteiger partial charge >= 0.3 is 6.09 Å². The zero-order valence-corrected chi connectivity index (χ0v) is 16.2. The first-order chi connectivity index (χ1) is 14.4. The summed E-state index contributed by atoms with van der Waals surface area (Å²) in [6.45, 7) is 5.41. The SMILES string of the molecule is [2H]C([2H])([2H])n1ccc(NC(=O)c2ccc(N3CCN(C(=O)OC(C)(C)C)CC3)cn2)n1. The molecule has 1 aliphatic rings. The van der Waals surface area contributed by atoms with Gasteiger partial charge in [0.1, 0.15) is 11.3 Å². The molecule has 1 N–H and O–H groups in total. The fourth-order valence-corrected chi connectivity index (χ4v) is 2.75. The lowest BCUT2D eigenvalue weighted by Gasteiger charge is -2.36. The quantitative estimate of drug-likeness (QED) is 0.864. The first-order valence-electron chi connectivity index (χ1n) is 10.5. The zero-order chi connectivity index (χ0) is 22.8. The second-order valence-corrected chi connectivity index (χ2v) is 7.46. The molecule has 9 heteroatoms. The van der Waals surface area contributed by atoms with E-state index in [1.54, 1.807) is 23.2 Å². The molecule has 0 radical (unpaired) electrons. The average molecular weight is 389 g/mol. The van der Waals surface area contributed by atoms with Crippen LogP contribution in [0.15, 0.2) is 30.6 Å². The van der Waals surface area contributed by atoms with Crippen LogP contribution in [0.4, 0.5) is 16.3 Å². The molecule has 0 spiro atoms. The summed E-state index contributed by atoms with van der Waals surface area (Å²) < 4.78 is 28.1. The number of nitrogens with zero attached hydrogens (tertiary/aromatic N) is 5. The smallest absolute Gasteiger partial charge is 0.410 e. The molecule has 9 nitrogen and oxygen atoms in total. The van der Waals surface area contributed by atoms with Gasteiger partial charge in [0, 0.05) is 49.5 Å². The number of piperazine rings is 1. The highest BCUT2D eigenvalue weighted by atomic mass is 16.6. The minimum absolute atomic E-state index is 0.130. The summed E-state index contributed by atoms with van der Waals surface area (Å²) in [5, 5.41) is 6.36. The number of nitrogens with one attached hydrogen (secondary N) is 1. The van der Waals surface area contributed by atoms with Crippen LogP contribution in [-0.4, -0.2) is 63.4 Å². The first-order valence-corrected chi connectivity index (χ1v) is 8.99. The van der Waals surface area contributed by atoms with Crippen LogP contribution < -0.4 is 10.2 Å². The van der Waals surface area contributed by atoms with Gasteiger partial charge in [-0.2, -0.15) is 5.10 Å². The van der Waals surface area contributed by atoms with Crippen molar-refractivity contribution in [3.63, 3.8) is 0 Å². The van der Waals surface area contributed by atoms with E-state index in [0.29, 0.717) is 26.2 Å². The van der Waals surface area contributed by atoms with E-state index in [0.717, 1.165) is 10.4 Å². The molecule has 2 aromatic rings. The van der Waals surface area contributed by atoms with E-state index in [2.05, 4.69) is 20.3 Å². The number of ether oxygens (including phenoxy) is 1. The number of aromatic nitrogens is 3. The summed E-state index contributed by atoms with van der Waals surface area (Å²) in [5.41, 5.74) is 0.492. The summed E-state index contributed by atoms with van der Waals surface area (Å²) >= 11 is 0. The van der Waals surface area contributed by atoms with Crippen LogP contribution in [0.25, 0.3) is 0 Å². The minimum Gasteiger partial charge on any atom is -0.444 e. The Bertz CT molecular complexity index is 929. The molecule has 0 saturated carbocycles. The van der Waals surface area contributed by atoms with Gasteiger partial charge in [-0.3, -0.25) is 9.48 Å². The fraction of sp³-hybridized carbons (Fsp3) is 0.474. The summed E-state index contributed by atoms with van der Waals surface area (Å²) in [5.74, 6) is -0.359. The Labute approximate surface area is 168 Å². The number of carbonyl (C=O) groups is 2. The van der Waals surface area contributed by atoms with Gasteiger partial charge in [0.05, 0.1) is 11.9 Å². The van der Waals surface area contributed by atoms with Crippen LogP contribution >= 0.6 is 0 Å². The number of hydrogen-bond acceptors (Lipinski definition) is 6. The van der Waals surface area contributed by atoms with Crippen molar-refractivity contribution in [3.05, 3.63) is 36.3 Å². The summed E-state index contributed by atoms with van der Waals surface area (Å²) in [6.07, 6.45) is 2.55. The molecule has 3 heterocycles. The third kappa shape index (κ3) is 4.99. The topological polar surface area (TPSA) is 92.6 Å². The second-order valence-electron chi connectivity index (χ2n) is 7.46. The number of amides is 2. The highest BCUT2D eigenvalue weighted by molar-refractivity contribution is 6.02. The van der Waals surface area contributed by atoms with E-state index >= 15 is 0 Å². The van der Waals surface area contributed by atoms with Gasteiger partial charge in [-0.15, -0.1) is 0 Å². The van der Waals surface area contributed by atoms with Crippen LogP contribution in [0.5, 0.6) is 0 Å². The van der Waals surface area contributed by atoms with Gasteiger partial charge in [0.15, 0.2) is 5.82 Å². The van der Waals surface area contributed by atoms with E-state index in [4.69, 9.17) is 8.85 Å². The van der Waals surface area contributed by atoms with E-state index in [1.165, 1.54) is 12.3 Å². The molecule has 28 heavy (non-hydrogen) atoms. The van der Waals surface area contributed by atoms with Crippen molar-refractivity contribution in [1.82, 2.24) is 19.7 Å². The third-order valence-electron chi connectivity index (χ3n) is 4.11. The predicted molar refractivity (Wildman–Crippen MR) is 105 cm³/mol. The highest BCUT2D eigenvalue weighted by Crippen LogP contribution is 2.18. The molecule has 1 saturated heterocycles. The second kappa shape index (κ2) is 7.87. The maximum absolute atomic E-state index is 12.4. The highest BCUT2D eigenvalue weighted by Gasteiger charge is 2.26. The molecular weight excluding hydrogens is 360 g/mol. The van der Waals surface area contributed by atoms with Crippen molar-refractivity contribution >= 4 is 23.5 Å². The van der Waals surface area contributed by atoms with E-state index in [1.807, 2.05) is 20.8 Å². The Balaban J connectivity index is 1.55. The maximum atomic E-state index is 12.4. The largest absolute Gasteiger partial charge is 0.444 e. The first kappa shape index (κ1) is 15.9. The van der Waals surface area contributed by atoms with Gasteiger partial charge in [-0.1, -0.05) is 0 Å². The maximum Gasteiger partial charge on any atom is 0.410 e. The third-order valence-corrected chi connectivity index (χ3v) is 4.11. The van der Waals surface area contributed by atoms with Crippen molar-refractivity contribution in [3.8, 4) is 0 Å². The molecule has 1 aliphatic heterocycles. The Morgan fingerprint density at radius 2 is 1.93 bits per heavy atom. The monoisotopic (exact) mass is 389 g/mol. The molecule has 0 aromatic carbocycles. The molecule has 0 bridgehead atoms. The normalized spacial score (nSPS) is 16.8. The number of hydrogen-bond donors (Lipinski definition) is 1. The van der Waals surface area contributed by atoms with Crippen LogP contribution in [-0.2, 0) is 11.7 Å². The lowest BCUT2D eigenvalue weighted by molar-refractivity contribution is 0.0240. The van der Waals surface area contributed by atoms with Gasteiger partial charge in [-0.05, 0) is 32.9 Å². The summed E-state index contributed by atoms with van der Waals surface area (Å²) in [7, 11) is 0. The molecule has 150 valence electrons. The molecule has 0 aliphatic carbocycles. The number of pyridine rings is 1. The van der Waals surface area contributed by atoms with E-state index in [9.17, 15) is 9.59 Å². The van der Waals surface area contributed by atoms with Crippen molar-refractivity contribution in [2.24, 2.45) is 6.98 Å². The Morgan fingerprint density at radius 1 is 1.18 bits per heavy atom. The minimum atomic E-state index is -2.41. The zero-order valence-electron chi connectivity index (χ0n) is 19.2. The van der Waals surface area contributed by atoms with Crippen molar-refractivity contribution in [2.75, 3.05) is 36.4 Å². The van der Waals surface area contributed by atoms with Crippen LogP contribution in [0.2, 0.25) is 0 Å². The molecule has 1 fully saturated rings. The Morgan fingerprint density at radius 3 is 2.50 bits per heavy atom. The van der Waals surface area contributed by atoms with Gasteiger partial charge in [0.2, 0.25) is 0 Å². The van der Waals surface area contributed by atoms with Gasteiger partial charge < -0.3 is 19.9 Å². The lowest BCUT2D eigenvalue weighted by atomic mass is 10.2. The molecule has 0 unspecified atom stereocenters. The standard InChI is InChI=1S/C19H26N6O3/c1-19(2,3)28-18(27)25-11-9-24(10-12-25)14-5-6-15(20-13-14)17(26)21-16-7-8-23(4)22-16/h5-8,13H,9-12H2,1-4H3,(H,21,22,26)/i4D3. The Hall–Kier alpha value is -3.10. The van der Waals surface area contributed by atoms with Gasteiger partial charge in [0.25, 0.3) is 5.91 Å². The lowest BCUT2D eigenvalue weighted by Crippen LogP contribution is -2.50. The summed E-state index contributed by atoms with van der Waals surface area (Å²) in [6, 6.07) is 4.78. The summed E-state index contributed by atoms with van der Waals surface area (Å²) in [4.78, 5) is 32.5. The predicted octanol–water partition coefficient (Wildman–Crippen LogP) is 2.12.